The van der Waals surface area contributed by atoms with Crippen LogP contribution in [0.3, 0.4) is 0 Å². The molecule has 5 rings (SSSR count). The Hall–Kier alpha value is -2.54. The first-order valence-electron chi connectivity index (χ1n) is 11.3. The normalized spacial score (nSPS) is 17.2. The van der Waals surface area contributed by atoms with Crippen LogP contribution in [-0.4, -0.2) is 47.4 Å². The molecule has 2 aromatic carbocycles. The number of fused-ring (bicyclic) bond motifs is 1. The van der Waals surface area contributed by atoms with Crippen LogP contribution in [0.5, 0.6) is 5.75 Å². The SMILES string of the molecule is O=C(COc1ccc(Cl)cc1)N(CC(=O)N1CCc2sccc2C1c1ccc(Cl)cc1)C1CC1. The van der Waals surface area contributed by atoms with Gasteiger partial charge in [0.25, 0.3) is 5.91 Å². The third-order valence-corrected chi connectivity index (χ3v) is 7.76. The summed E-state index contributed by atoms with van der Waals surface area (Å²) < 4.78 is 5.66. The Morgan fingerprint density at radius 1 is 1.00 bits per heavy atom. The van der Waals surface area contributed by atoms with Gasteiger partial charge in [0, 0.05) is 27.5 Å². The maximum Gasteiger partial charge on any atom is 0.261 e. The molecule has 8 heteroatoms. The van der Waals surface area contributed by atoms with Gasteiger partial charge in [-0.15, -0.1) is 11.3 Å². The van der Waals surface area contributed by atoms with E-state index in [0.29, 0.717) is 22.3 Å². The minimum absolute atomic E-state index is 0.0523. The van der Waals surface area contributed by atoms with Crippen LogP contribution in [0.2, 0.25) is 10.0 Å². The molecule has 1 aliphatic heterocycles. The van der Waals surface area contributed by atoms with Crippen LogP contribution < -0.4 is 4.74 Å². The summed E-state index contributed by atoms with van der Waals surface area (Å²) in [7, 11) is 0. The zero-order valence-corrected chi connectivity index (χ0v) is 20.8. The molecule has 1 aliphatic carbocycles. The van der Waals surface area contributed by atoms with Crippen LogP contribution in [0.25, 0.3) is 0 Å². The van der Waals surface area contributed by atoms with E-state index >= 15 is 0 Å². The van der Waals surface area contributed by atoms with Crippen molar-refractivity contribution in [1.29, 1.82) is 0 Å². The van der Waals surface area contributed by atoms with E-state index in [0.717, 1.165) is 30.4 Å². The molecule has 5 nitrogen and oxygen atoms in total. The fourth-order valence-corrected chi connectivity index (χ4v) is 5.55. The van der Waals surface area contributed by atoms with Crippen LogP contribution >= 0.6 is 34.5 Å². The predicted octanol–water partition coefficient (Wildman–Crippen LogP) is 5.60. The lowest BCUT2D eigenvalue weighted by atomic mass is 9.93. The number of thiophene rings is 1. The fraction of sp³-hybridized carbons (Fsp3) is 0.308. The predicted molar refractivity (Wildman–Crippen MR) is 135 cm³/mol. The van der Waals surface area contributed by atoms with Gasteiger partial charge in [-0.05, 0) is 78.2 Å². The van der Waals surface area contributed by atoms with Crippen molar-refractivity contribution in [3.63, 3.8) is 0 Å². The molecule has 1 atom stereocenters. The molecule has 34 heavy (non-hydrogen) atoms. The summed E-state index contributed by atoms with van der Waals surface area (Å²) in [4.78, 5) is 31.5. The van der Waals surface area contributed by atoms with Gasteiger partial charge < -0.3 is 14.5 Å². The molecular formula is C26H24Cl2N2O3S. The first-order chi connectivity index (χ1) is 16.5. The Labute approximate surface area is 212 Å². The highest BCUT2D eigenvalue weighted by molar-refractivity contribution is 7.10. The number of halogens is 2. The molecular weight excluding hydrogens is 491 g/mol. The lowest BCUT2D eigenvalue weighted by molar-refractivity contribution is -0.143. The zero-order chi connectivity index (χ0) is 23.7. The van der Waals surface area contributed by atoms with Crippen molar-refractivity contribution in [2.45, 2.75) is 31.3 Å². The van der Waals surface area contributed by atoms with Gasteiger partial charge in [0.15, 0.2) is 6.61 Å². The van der Waals surface area contributed by atoms with Crippen molar-refractivity contribution in [3.8, 4) is 5.75 Å². The minimum Gasteiger partial charge on any atom is -0.484 e. The number of benzene rings is 2. The molecule has 2 aliphatic rings. The third kappa shape index (κ3) is 5.09. The van der Waals surface area contributed by atoms with Gasteiger partial charge in [-0.1, -0.05) is 35.3 Å². The van der Waals surface area contributed by atoms with E-state index in [1.54, 1.807) is 40.5 Å². The van der Waals surface area contributed by atoms with E-state index < -0.39 is 0 Å². The number of hydrogen-bond donors (Lipinski definition) is 0. The molecule has 1 aromatic heterocycles. The highest BCUT2D eigenvalue weighted by Gasteiger charge is 2.38. The standard InChI is InChI=1S/C26H24Cl2N2O3S/c27-18-3-1-17(2-4-18)26-22-12-14-34-23(22)11-13-29(26)24(31)15-30(20-7-8-20)25(32)16-33-21-9-5-19(28)6-10-21/h1-6,9-10,12,14,20,26H,7-8,11,13,15-16H2. The van der Waals surface area contributed by atoms with E-state index in [-0.39, 0.29) is 37.0 Å². The summed E-state index contributed by atoms with van der Waals surface area (Å²) in [5.74, 6) is 0.342. The van der Waals surface area contributed by atoms with E-state index in [1.165, 1.54) is 4.88 Å². The van der Waals surface area contributed by atoms with Crippen molar-refractivity contribution >= 4 is 46.4 Å². The van der Waals surface area contributed by atoms with Crippen LogP contribution in [-0.2, 0) is 16.0 Å². The second-order valence-electron chi connectivity index (χ2n) is 8.59. The lowest BCUT2D eigenvalue weighted by Gasteiger charge is -2.37. The summed E-state index contributed by atoms with van der Waals surface area (Å²) in [6, 6.07) is 16.6. The summed E-state index contributed by atoms with van der Waals surface area (Å²) in [6.45, 7) is 0.561. The molecule has 0 N–H and O–H groups in total. The number of rotatable bonds is 7. The van der Waals surface area contributed by atoms with E-state index in [1.807, 2.05) is 29.2 Å². The summed E-state index contributed by atoms with van der Waals surface area (Å²) in [5.41, 5.74) is 2.18. The fourth-order valence-electron chi connectivity index (χ4n) is 4.39. The Morgan fingerprint density at radius 3 is 2.35 bits per heavy atom. The van der Waals surface area contributed by atoms with Crippen molar-refractivity contribution in [3.05, 3.63) is 86.0 Å². The number of hydrogen-bond acceptors (Lipinski definition) is 4. The Bertz CT molecular complexity index is 1180. The van der Waals surface area contributed by atoms with Gasteiger partial charge in [0.1, 0.15) is 12.3 Å². The first-order valence-corrected chi connectivity index (χ1v) is 12.9. The summed E-state index contributed by atoms with van der Waals surface area (Å²) in [6.07, 6.45) is 2.64. The average molecular weight is 515 g/mol. The van der Waals surface area contributed by atoms with E-state index in [2.05, 4.69) is 11.4 Å². The molecule has 1 unspecified atom stereocenters. The van der Waals surface area contributed by atoms with Crippen molar-refractivity contribution < 1.29 is 14.3 Å². The Kier molecular flexibility index (Phi) is 6.82. The Balaban J connectivity index is 1.32. The molecule has 2 heterocycles. The number of carbonyl (C=O) groups excluding carboxylic acids is 2. The molecule has 1 saturated carbocycles. The molecule has 0 saturated heterocycles. The molecule has 0 spiro atoms. The van der Waals surface area contributed by atoms with Crippen LogP contribution in [0.15, 0.2) is 60.0 Å². The highest BCUT2D eigenvalue weighted by Crippen LogP contribution is 2.38. The Morgan fingerprint density at radius 2 is 1.68 bits per heavy atom. The molecule has 3 aromatic rings. The summed E-state index contributed by atoms with van der Waals surface area (Å²) in [5, 5.41) is 3.35. The summed E-state index contributed by atoms with van der Waals surface area (Å²) >= 11 is 13.8. The second-order valence-corrected chi connectivity index (χ2v) is 10.5. The topological polar surface area (TPSA) is 49.9 Å². The quantitative estimate of drug-likeness (QED) is 0.412. The maximum atomic E-state index is 13.6. The molecule has 2 amide bonds. The van der Waals surface area contributed by atoms with Crippen molar-refractivity contribution in [2.24, 2.45) is 0 Å². The van der Waals surface area contributed by atoms with Gasteiger partial charge in [0.2, 0.25) is 5.91 Å². The van der Waals surface area contributed by atoms with Crippen LogP contribution in [0.1, 0.15) is 34.9 Å². The van der Waals surface area contributed by atoms with Crippen LogP contribution in [0.4, 0.5) is 0 Å². The van der Waals surface area contributed by atoms with E-state index in [4.69, 9.17) is 27.9 Å². The smallest absolute Gasteiger partial charge is 0.261 e. The van der Waals surface area contributed by atoms with Crippen molar-refractivity contribution in [2.75, 3.05) is 19.7 Å². The lowest BCUT2D eigenvalue weighted by Crippen LogP contribution is -2.48. The monoisotopic (exact) mass is 514 g/mol. The number of amides is 2. The third-order valence-electron chi connectivity index (χ3n) is 6.26. The van der Waals surface area contributed by atoms with Crippen molar-refractivity contribution in [1.82, 2.24) is 9.80 Å². The molecule has 0 radical (unpaired) electrons. The van der Waals surface area contributed by atoms with Gasteiger partial charge in [-0.25, -0.2) is 0 Å². The first kappa shape index (κ1) is 23.2. The minimum atomic E-state index is -0.179. The highest BCUT2D eigenvalue weighted by atomic mass is 35.5. The molecule has 1 fully saturated rings. The number of carbonyl (C=O) groups is 2. The van der Waals surface area contributed by atoms with Crippen LogP contribution in [0, 0.1) is 0 Å². The number of nitrogens with zero attached hydrogens (tertiary/aromatic N) is 2. The van der Waals surface area contributed by atoms with Gasteiger partial charge in [-0.2, -0.15) is 0 Å². The zero-order valence-electron chi connectivity index (χ0n) is 18.5. The average Bonchev–Trinajstić information content (AvgIpc) is 3.57. The molecule has 0 bridgehead atoms. The van der Waals surface area contributed by atoms with Gasteiger partial charge in [-0.3, -0.25) is 9.59 Å². The molecule has 176 valence electrons. The largest absolute Gasteiger partial charge is 0.484 e. The number of ether oxygens (including phenoxy) is 1. The maximum absolute atomic E-state index is 13.6. The second kappa shape index (κ2) is 9.98. The van der Waals surface area contributed by atoms with E-state index in [9.17, 15) is 9.59 Å². The van der Waals surface area contributed by atoms with Gasteiger partial charge in [0.05, 0.1) is 6.04 Å². The van der Waals surface area contributed by atoms with Gasteiger partial charge >= 0.3 is 0 Å².